The molecular weight excluding hydrogens is 378 g/mol. The molecule has 1 aromatic heterocycles. The van der Waals surface area contributed by atoms with Gasteiger partial charge in [-0.05, 0) is 44.9 Å². The molecule has 28 heavy (non-hydrogen) atoms. The second-order valence-electron chi connectivity index (χ2n) is 6.77. The van der Waals surface area contributed by atoms with E-state index in [0.717, 1.165) is 16.0 Å². The minimum absolute atomic E-state index is 0.200. The number of nitrogens with one attached hydrogen (secondary N) is 1. The van der Waals surface area contributed by atoms with E-state index < -0.39 is 24.5 Å². The van der Waals surface area contributed by atoms with Crippen LogP contribution in [0.4, 0.5) is 5.00 Å². The van der Waals surface area contributed by atoms with Crippen LogP contribution in [0, 0.1) is 13.8 Å². The fourth-order valence-corrected chi connectivity index (χ4v) is 3.68. The number of aryl methyl sites for hydroxylation is 2. The van der Waals surface area contributed by atoms with Crippen molar-refractivity contribution in [3.05, 3.63) is 51.4 Å². The standard InChI is InChI=1S/C21H25NO5S/c1-6-26-21(25)16-10-17(12(2)3)28-19(16)22-18(23)11-27-20(24)15-8-13(4)7-14(5)9-15/h7-10,12H,6,11H2,1-5H3,(H,22,23). The smallest absolute Gasteiger partial charge is 0.341 e. The van der Waals surface area contributed by atoms with E-state index >= 15 is 0 Å². The van der Waals surface area contributed by atoms with E-state index in [4.69, 9.17) is 9.47 Å². The Morgan fingerprint density at radius 2 is 1.64 bits per heavy atom. The van der Waals surface area contributed by atoms with Gasteiger partial charge in [-0.2, -0.15) is 0 Å². The minimum atomic E-state index is -0.568. The summed E-state index contributed by atoms with van der Waals surface area (Å²) >= 11 is 1.31. The van der Waals surface area contributed by atoms with Crippen LogP contribution in [-0.2, 0) is 14.3 Å². The van der Waals surface area contributed by atoms with E-state index in [1.54, 1.807) is 25.1 Å². The van der Waals surface area contributed by atoms with Gasteiger partial charge in [0, 0.05) is 4.88 Å². The average Bonchev–Trinajstić information content (AvgIpc) is 3.03. The van der Waals surface area contributed by atoms with Gasteiger partial charge in [0.15, 0.2) is 6.61 Å². The van der Waals surface area contributed by atoms with E-state index in [-0.39, 0.29) is 12.5 Å². The maximum Gasteiger partial charge on any atom is 0.341 e. The van der Waals surface area contributed by atoms with Crippen molar-refractivity contribution in [2.45, 2.75) is 40.5 Å². The fourth-order valence-electron chi connectivity index (χ4n) is 2.62. The first-order valence-corrected chi connectivity index (χ1v) is 9.89. The number of carbonyl (C=O) groups is 3. The van der Waals surface area contributed by atoms with Crippen LogP contribution < -0.4 is 5.32 Å². The fraction of sp³-hybridized carbons (Fsp3) is 0.381. The van der Waals surface area contributed by atoms with E-state index in [1.807, 2.05) is 33.8 Å². The molecule has 1 heterocycles. The van der Waals surface area contributed by atoms with Crippen molar-refractivity contribution >= 4 is 34.2 Å². The first-order chi connectivity index (χ1) is 13.2. The minimum Gasteiger partial charge on any atom is -0.462 e. The van der Waals surface area contributed by atoms with Gasteiger partial charge in [0.05, 0.1) is 17.7 Å². The molecule has 0 atom stereocenters. The molecule has 0 unspecified atom stereocenters. The summed E-state index contributed by atoms with van der Waals surface area (Å²) in [6.45, 7) is 9.29. The number of hydrogen-bond donors (Lipinski definition) is 1. The highest BCUT2D eigenvalue weighted by Gasteiger charge is 2.21. The SMILES string of the molecule is CCOC(=O)c1cc(C(C)C)sc1NC(=O)COC(=O)c1cc(C)cc(C)c1. The van der Waals surface area contributed by atoms with E-state index in [0.29, 0.717) is 16.1 Å². The number of benzene rings is 1. The molecule has 1 N–H and O–H groups in total. The Hall–Kier alpha value is -2.67. The Bertz CT molecular complexity index is 865. The lowest BCUT2D eigenvalue weighted by Crippen LogP contribution is -2.21. The van der Waals surface area contributed by atoms with Crippen LogP contribution in [0.3, 0.4) is 0 Å². The summed E-state index contributed by atoms with van der Waals surface area (Å²) in [6, 6.07) is 7.09. The van der Waals surface area contributed by atoms with Crippen LogP contribution in [0.15, 0.2) is 24.3 Å². The largest absolute Gasteiger partial charge is 0.462 e. The Morgan fingerprint density at radius 1 is 1.00 bits per heavy atom. The molecule has 6 nitrogen and oxygen atoms in total. The van der Waals surface area contributed by atoms with Gasteiger partial charge >= 0.3 is 11.9 Å². The summed E-state index contributed by atoms with van der Waals surface area (Å²) in [5, 5.41) is 3.05. The number of esters is 2. The van der Waals surface area contributed by atoms with E-state index in [9.17, 15) is 14.4 Å². The lowest BCUT2D eigenvalue weighted by atomic mass is 10.1. The zero-order valence-corrected chi connectivity index (χ0v) is 17.6. The zero-order chi connectivity index (χ0) is 20.8. The molecule has 2 aromatic rings. The Balaban J connectivity index is 2.06. The predicted molar refractivity (Wildman–Crippen MR) is 109 cm³/mol. The van der Waals surface area contributed by atoms with Crippen molar-refractivity contribution in [3.63, 3.8) is 0 Å². The summed E-state index contributed by atoms with van der Waals surface area (Å²) in [5.74, 6) is -1.37. The second kappa shape index (κ2) is 9.50. The summed E-state index contributed by atoms with van der Waals surface area (Å²) in [4.78, 5) is 37.5. The molecule has 0 saturated heterocycles. The highest BCUT2D eigenvalue weighted by atomic mass is 32.1. The van der Waals surface area contributed by atoms with Crippen molar-refractivity contribution in [3.8, 4) is 0 Å². The first-order valence-electron chi connectivity index (χ1n) is 9.07. The van der Waals surface area contributed by atoms with Crippen LogP contribution in [-0.4, -0.2) is 31.1 Å². The quantitative estimate of drug-likeness (QED) is 0.690. The van der Waals surface area contributed by atoms with Crippen LogP contribution >= 0.6 is 11.3 Å². The van der Waals surface area contributed by atoms with Gasteiger partial charge in [-0.25, -0.2) is 9.59 Å². The Labute approximate surface area is 168 Å². The third kappa shape index (κ3) is 5.66. The summed E-state index contributed by atoms with van der Waals surface area (Å²) in [5.41, 5.74) is 2.59. The van der Waals surface area contributed by atoms with Gasteiger partial charge < -0.3 is 14.8 Å². The van der Waals surface area contributed by atoms with Crippen molar-refractivity contribution in [2.75, 3.05) is 18.5 Å². The van der Waals surface area contributed by atoms with Crippen molar-refractivity contribution in [2.24, 2.45) is 0 Å². The molecule has 0 aliphatic heterocycles. The second-order valence-corrected chi connectivity index (χ2v) is 7.85. The molecule has 7 heteroatoms. The third-order valence-corrected chi connectivity index (χ3v) is 5.21. The van der Waals surface area contributed by atoms with Crippen molar-refractivity contribution in [1.29, 1.82) is 0 Å². The molecule has 0 bridgehead atoms. The Kier molecular flexibility index (Phi) is 7.34. The molecule has 0 radical (unpaired) electrons. The molecule has 0 fully saturated rings. The summed E-state index contributed by atoms with van der Waals surface area (Å²) in [7, 11) is 0. The van der Waals surface area contributed by atoms with Crippen molar-refractivity contribution in [1.82, 2.24) is 0 Å². The Morgan fingerprint density at radius 3 is 2.21 bits per heavy atom. The molecular formula is C21H25NO5S. The zero-order valence-electron chi connectivity index (χ0n) is 16.8. The number of hydrogen-bond acceptors (Lipinski definition) is 6. The number of amides is 1. The normalized spacial score (nSPS) is 10.6. The number of thiophene rings is 1. The topological polar surface area (TPSA) is 81.7 Å². The average molecular weight is 404 g/mol. The van der Waals surface area contributed by atoms with Crippen LogP contribution in [0.25, 0.3) is 0 Å². The summed E-state index contributed by atoms with van der Waals surface area (Å²) < 4.78 is 10.2. The molecule has 0 aliphatic carbocycles. The highest BCUT2D eigenvalue weighted by Crippen LogP contribution is 2.33. The number of rotatable bonds is 7. The van der Waals surface area contributed by atoms with E-state index in [2.05, 4.69) is 5.32 Å². The van der Waals surface area contributed by atoms with Crippen LogP contribution in [0.2, 0.25) is 0 Å². The summed E-state index contributed by atoms with van der Waals surface area (Å²) in [6.07, 6.45) is 0. The van der Waals surface area contributed by atoms with E-state index in [1.165, 1.54) is 11.3 Å². The molecule has 0 saturated carbocycles. The molecule has 0 aliphatic rings. The number of anilines is 1. The van der Waals surface area contributed by atoms with Gasteiger partial charge in [-0.1, -0.05) is 31.0 Å². The van der Waals surface area contributed by atoms with Crippen LogP contribution in [0.1, 0.15) is 63.4 Å². The van der Waals surface area contributed by atoms with Crippen molar-refractivity contribution < 1.29 is 23.9 Å². The maximum absolute atomic E-state index is 12.3. The molecule has 150 valence electrons. The number of ether oxygens (including phenoxy) is 2. The van der Waals surface area contributed by atoms with Gasteiger partial charge in [-0.3, -0.25) is 4.79 Å². The maximum atomic E-state index is 12.3. The number of carbonyl (C=O) groups excluding carboxylic acids is 3. The molecule has 1 aromatic carbocycles. The van der Waals surface area contributed by atoms with Gasteiger partial charge in [0.25, 0.3) is 5.91 Å². The molecule has 2 rings (SSSR count). The monoisotopic (exact) mass is 403 g/mol. The molecule has 0 spiro atoms. The predicted octanol–water partition coefficient (Wildman–Crippen LogP) is 4.46. The van der Waals surface area contributed by atoms with Gasteiger partial charge in [0.2, 0.25) is 0 Å². The third-order valence-electron chi connectivity index (χ3n) is 3.86. The van der Waals surface area contributed by atoms with Gasteiger partial charge in [-0.15, -0.1) is 11.3 Å². The first kappa shape index (κ1) is 21.6. The lowest BCUT2D eigenvalue weighted by molar-refractivity contribution is -0.119. The molecule has 1 amide bonds. The van der Waals surface area contributed by atoms with Crippen LogP contribution in [0.5, 0.6) is 0 Å². The lowest BCUT2D eigenvalue weighted by Gasteiger charge is -2.08. The van der Waals surface area contributed by atoms with Gasteiger partial charge in [0.1, 0.15) is 5.00 Å². The highest BCUT2D eigenvalue weighted by molar-refractivity contribution is 7.16.